The largest absolute Gasteiger partial charge is 0.457 e. The summed E-state index contributed by atoms with van der Waals surface area (Å²) in [7, 11) is 2.01. The van der Waals surface area contributed by atoms with Crippen LogP contribution in [0.1, 0.15) is 11.3 Å². The van der Waals surface area contributed by atoms with Gasteiger partial charge in [-0.1, -0.05) is 42.0 Å². The number of nitrogens with zero attached hydrogens (tertiary/aromatic N) is 5. The van der Waals surface area contributed by atoms with Gasteiger partial charge < -0.3 is 25.2 Å². The highest BCUT2D eigenvalue weighted by atomic mass is 16.5. The molecule has 2 aromatic heterocycles. The second kappa shape index (κ2) is 14.2. The Morgan fingerprint density at radius 1 is 0.812 bits per heavy atom. The summed E-state index contributed by atoms with van der Waals surface area (Å²) in [5.74, 6) is 1.66. The summed E-state index contributed by atoms with van der Waals surface area (Å²) in [4.78, 5) is 46.3. The number of rotatable bonds is 8. The Bertz CT molecular complexity index is 1950. The molecule has 1 aliphatic rings. The SMILES string of the molecule is Cc1ccc(-n2nc(C)cc2NC(=O)Nc2ccc(Oc3ccnc(NC(=O)NCC(=O)N4CCN(C)CC4)c3)c3ccccc23)cc1. The van der Waals surface area contributed by atoms with E-state index >= 15 is 0 Å². The molecule has 5 amide bonds. The van der Waals surface area contributed by atoms with Gasteiger partial charge in [0, 0.05) is 55.3 Å². The molecule has 0 atom stereocenters. The van der Waals surface area contributed by atoms with Crippen molar-refractivity contribution in [1.82, 2.24) is 29.9 Å². The van der Waals surface area contributed by atoms with Crippen LogP contribution < -0.4 is 26.0 Å². The second-order valence-corrected chi connectivity index (χ2v) is 11.6. The van der Waals surface area contributed by atoms with Crippen molar-refractivity contribution in [2.24, 2.45) is 0 Å². The van der Waals surface area contributed by atoms with E-state index in [9.17, 15) is 14.4 Å². The average molecular weight is 648 g/mol. The van der Waals surface area contributed by atoms with Gasteiger partial charge in [-0.25, -0.2) is 19.3 Å². The van der Waals surface area contributed by atoms with Crippen LogP contribution in [0.3, 0.4) is 0 Å². The minimum Gasteiger partial charge on any atom is -0.457 e. The first kappa shape index (κ1) is 32.0. The van der Waals surface area contributed by atoms with Crippen LogP contribution in [0.15, 0.2) is 85.1 Å². The monoisotopic (exact) mass is 647 g/mol. The molecule has 3 aromatic carbocycles. The molecule has 0 unspecified atom stereocenters. The van der Waals surface area contributed by atoms with Crippen LogP contribution in [0, 0.1) is 13.8 Å². The highest BCUT2D eigenvalue weighted by molar-refractivity contribution is 6.07. The molecule has 3 heterocycles. The molecule has 13 heteroatoms. The van der Waals surface area contributed by atoms with Crippen molar-refractivity contribution in [1.29, 1.82) is 0 Å². The first-order valence-corrected chi connectivity index (χ1v) is 15.6. The summed E-state index contributed by atoms with van der Waals surface area (Å²) in [6, 6.07) is 23.1. The number of carbonyl (C=O) groups excluding carboxylic acids is 3. The van der Waals surface area contributed by atoms with E-state index in [4.69, 9.17) is 4.74 Å². The number of hydrogen-bond donors (Lipinski definition) is 4. The van der Waals surface area contributed by atoms with Gasteiger partial charge in [-0.05, 0) is 51.2 Å². The number of amides is 5. The van der Waals surface area contributed by atoms with E-state index in [0.29, 0.717) is 36.1 Å². The van der Waals surface area contributed by atoms with Gasteiger partial charge in [-0.15, -0.1) is 0 Å². The summed E-state index contributed by atoms with van der Waals surface area (Å²) < 4.78 is 7.91. The van der Waals surface area contributed by atoms with Crippen molar-refractivity contribution >= 4 is 46.1 Å². The van der Waals surface area contributed by atoms with Gasteiger partial charge in [0.2, 0.25) is 5.91 Å². The summed E-state index contributed by atoms with van der Waals surface area (Å²) in [5, 5.41) is 17.2. The van der Waals surface area contributed by atoms with Crippen LogP contribution >= 0.6 is 0 Å². The van der Waals surface area contributed by atoms with Gasteiger partial charge >= 0.3 is 12.1 Å². The molecule has 1 saturated heterocycles. The fourth-order valence-corrected chi connectivity index (χ4v) is 5.36. The van der Waals surface area contributed by atoms with Crippen molar-refractivity contribution in [2.45, 2.75) is 13.8 Å². The zero-order valence-electron chi connectivity index (χ0n) is 27.0. The smallest absolute Gasteiger partial charge is 0.324 e. The lowest BCUT2D eigenvalue weighted by molar-refractivity contribution is -0.131. The quantitative estimate of drug-likeness (QED) is 0.177. The summed E-state index contributed by atoms with van der Waals surface area (Å²) in [6.07, 6.45) is 1.52. The van der Waals surface area contributed by atoms with Gasteiger partial charge in [0.1, 0.15) is 23.1 Å². The Labute approximate surface area is 277 Å². The molecule has 13 nitrogen and oxygen atoms in total. The maximum Gasteiger partial charge on any atom is 0.324 e. The zero-order chi connectivity index (χ0) is 33.6. The molecular weight excluding hydrogens is 610 g/mol. The second-order valence-electron chi connectivity index (χ2n) is 11.6. The lowest BCUT2D eigenvalue weighted by Crippen LogP contribution is -2.50. The number of ether oxygens (including phenoxy) is 1. The number of benzene rings is 3. The summed E-state index contributed by atoms with van der Waals surface area (Å²) in [6.45, 7) is 6.67. The van der Waals surface area contributed by atoms with Crippen molar-refractivity contribution in [3.8, 4) is 17.2 Å². The van der Waals surface area contributed by atoms with Crippen LogP contribution in [0.4, 0.5) is 26.9 Å². The molecule has 48 heavy (non-hydrogen) atoms. The van der Waals surface area contributed by atoms with Crippen molar-refractivity contribution < 1.29 is 19.1 Å². The third-order valence-electron chi connectivity index (χ3n) is 7.94. The topological polar surface area (TPSA) is 146 Å². The van der Waals surface area contributed by atoms with Crippen molar-refractivity contribution in [2.75, 3.05) is 55.7 Å². The minimum atomic E-state index is -0.543. The number of likely N-dealkylation sites (N-methyl/N-ethyl adjacent to an activating group) is 1. The first-order chi connectivity index (χ1) is 23.2. The fourth-order valence-electron chi connectivity index (χ4n) is 5.36. The summed E-state index contributed by atoms with van der Waals surface area (Å²) in [5.41, 5.74) is 3.32. The third-order valence-corrected chi connectivity index (χ3v) is 7.94. The maximum atomic E-state index is 13.2. The standard InChI is InChI=1S/C35H37N9O4/c1-23-8-10-25(11-9-23)44-32(20-24(2)41-44)40-35(47)38-29-12-13-30(28-7-5-4-6-27(28)29)48-26-14-15-36-31(21-26)39-34(46)37-22-33(45)43-18-16-42(3)17-19-43/h4-15,20-21H,16-19,22H2,1-3H3,(H2,38,40,47)(H2,36,37,39,46). The number of hydrogen-bond acceptors (Lipinski definition) is 7. The van der Waals surface area contributed by atoms with Gasteiger partial charge in [-0.2, -0.15) is 5.10 Å². The lowest BCUT2D eigenvalue weighted by Gasteiger charge is -2.32. The fraction of sp³-hybridized carbons (Fsp3) is 0.229. The number of aromatic nitrogens is 3. The number of piperazine rings is 1. The van der Waals surface area contributed by atoms with Gasteiger partial charge in [-0.3, -0.25) is 15.4 Å². The van der Waals surface area contributed by atoms with Gasteiger partial charge in [0.15, 0.2) is 0 Å². The van der Waals surface area contributed by atoms with Crippen LogP contribution in [0.25, 0.3) is 16.5 Å². The summed E-state index contributed by atoms with van der Waals surface area (Å²) >= 11 is 0. The van der Waals surface area contributed by atoms with Gasteiger partial charge in [0.25, 0.3) is 0 Å². The minimum absolute atomic E-state index is 0.105. The Hall–Kier alpha value is -5.95. The predicted molar refractivity (Wildman–Crippen MR) is 185 cm³/mol. The first-order valence-electron chi connectivity index (χ1n) is 15.6. The van der Waals surface area contributed by atoms with E-state index in [1.54, 1.807) is 33.8 Å². The molecule has 1 aliphatic heterocycles. The molecule has 0 radical (unpaired) electrons. The molecular formula is C35H37N9O4. The Kier molecular flexibility index (Phi) is 9.48. The van der Waals surface area contributed by atoms with E-state index < -0.39 is 12.1 Å². The number of pyridine rings is 1. The normalized spacial score (nSPS) is 13.2. The Balaban J connectivity index is 1.10. The number of nitrogens with one attached hydrogen (secondary N) is 4. The van der Waals surface area contributed by atoms with E-state index in [2.05, 4.69) is 36.2 Å². The Morgan fingerprint density at radius 2 is 1.56 bits per heavy atom. The number of carbonyl (C=O) groups is 3. The average Bonchev–Trinajstić information content (AvgIpc) is 3.44. The van der Waals surface area contributed by atoms with Crippen LogP contribution in [0.2, 0.25) is 0 Å². The highest BCUT2D eigenvalue weighted by Gasteiger charge is 2.19. The number of aryl methyl sites for hydroxylation is 2. The molecule has 0 spiro atoms. The van der Waals surface area contributed by atoms with Gasteiger partial charge in [0.05, 0.1) is 23.6 Å². The molecule has 4 N–H and O–H groups in total. The molecule has 5 aromatic rings. The molecule has 246 valence electrons. The van der Waals surface area contributed by atoms with E-state index in [0.717, 1.165) is 40.8 Å². The highest BCUT2D eigenvalue weighted by Crippen LogP contribution is 2.35. The van der Waals surface area contributed by atoms with Crippen molar-refractivity contribution in [3.63, 3.8) is 0 Å². The molecule has 6 rings (SSSR count). The van der Waals surface area contributed by atoms with E-state index in [1.807, 2.05) is 75.5 Å². The van der Waals surface area contributed by atoms with Crippen LogP contribution in [-0.4, -0.2) is 82.3 Å². The van der Waals surface area contributed by atoms with E-state index in [1.165, 1.54) is 6.20 Å². The molecule has 0 aliphatic carbocycles. The molecule has 0 saturated carbocycles. The van der Waals surface area contributed by atoms with Crippen molar-refractivity contribution in [3.05, 3.63) is 96.3 Å². The maximum absolute atomic E-state index is 13.2. The number of urea groups is 2. The van der Waals surface area contributed by atoms with Crippen LogP contribution in [-0.2, 0) is 4.79 Å². The lowest BCUT2D eigenvalue weighted by atomic mass is 10.1. The number of anilines is 3. The molecule has 1 fully saturated rings. The Morgan fingerprint density at radius 3 is 2.33 bits per heavy atom. The zero-order valence-corrected chi connectivity index (χ0v) is 27.0. The number of fused-ring (bicyclic) bond motifs is 1. The predicted octanol–water partition coefficient (Wildman–Crippen LogP) is 5.37. The molecule has 0 bridgehead atoms. The van der Waals surface area contributed by atoms with E-state index in [-0.39, 0.29) is 18.3 Å². The van der Waals surface area contributed by atoms with Crippen LogP contribution in [0.5, 0.6) is 11.5 Å². The third kappa shape index (κ3) is 7.70.